The average molecular weight is 512 g/mol. The molecule has 4 aromatic rings. The Labute approximate surface area is 221 Å². The van der Waals surface area contributed by atoms with Crippen molar-refractivity contribution in [2.24, 2.45) is 0 Å². The first-order valence-corrected chi connectivity index (χ1v) is 13.3. The maximum absolute atomic E-state index is 12.4. The van der Waals surface area contributed by atoms with Crippen LogP contribution >= 0.6 is 0 Å². The zero-order chi connectivity index (χ0) is 26.1. The fraction of sp³-hybridized carbons (Fsp3) is 0.345. The highest BCUT2D eigenvalue weighted by Gasteiger charge is 2.22. The molecule has 0 spiro atoms. The normalized spacial score (nSPS) is 19.3. The SMILES string of the molecule is CNCc1cc(-c2cnc(C3CCCN3)[nH]2)ccc1-c1ccc(-c2cnc(C3CCCN3)[nH]2)cc1C(=O)O. The van der Waals surface area contributed by atoms with Gasteiger partial charge in [0.25, 0.3) is 0 Å². The summed E-state index contributed by atoms with van der Waals surface area (Å²) in [6.07, 6.45) is 8.09. The van der Waals surface area contributed by atoms with Crippen molar-refractivity contribution in [2.45, 2.75) is 44.3 Å². The average Bonchev–Trinajstić information content (AvgIpc) is 3.75. The Morgan fingerprint density at radius 3 is 2.00 bits per heavy atom. The number of aromatic carboxylic acids is 1. The van der Waals surface area contributed by atoms with Crippen molar-refractivity contribution in [3.05, 3.63) is 71.6 Å². The lowest BCUT2D eigenvalue weighted by Gasteiger charge is -2.15. The van der Waals surface area contributed by atoms with Crippen LogP contribution in [-0.2, 0) is 6.54 Å². The molecule has 38 heavy (non-hydrogen) atoms. The standard InChI is InChI=1S/C29H33N7O2/c1-30-14-19-12-17(25-15-33-27(35-25)23-4-2-10-31-23)6-8-20(19)21-9-7-18(13-22(21)29(37)38)26-16-34-28(36-26)24-5-3-11-32-24/h6-9,12-13,15-16,23-24,30-32H,2-5,10-11,14H2,1H3,(H,33,35)(H,34,36)(H,37,38). The van der Waals surface area contributed by atoms with Gasteiger partial charge in [0.2, 0.25) is 0 Å². The molecular formula is C29H33N7O2. The van der Waals surface area contributed by atoms with Gasteiger partial charge in [-0.1, -0.05) is 24.3 Å². The van der Waals surface area contributed by atoms with Crippen molar-refractivity contribution >= 4 is 5.97 Å². The lowest BCUT2D eigenvalue weighted by molar-refractivity contribution is 0.0697. The number of aromatic nitrogens is 4. The maximum atomic E-state index is 12.4. The number of imidazole rings is 2. The molecule has 2 saturated heterocycles. The van der Waals surface area contributed by atoms with E-state index in [2.05, 4.69) is 42.0 Å². The first-order valence-electron chi connectivity index (χ1n) is 13.3. The van der Waals surface area contributed by atoms with E-state index in [1.807, 2.05) is 37.5 Å². The molecule has 6 N–H and O–H groups in total. The third kappa shape index (κ3) is 4.76. The van der Waals surface area contributed by atoms with Gasteiger partial charge in [0.15, 0.2) is 0 Å². The number of carboxylic acids is 1. The lowest BCUT2D eigenvalue weighted by atomic mass is 9.91. The second kappa shape index (κ2) is 10.5. The molecular weight excluding hydrogens is 478 g/mol. The zero-order valence-electron chi connectivity index (χ0n) is 21.5. The number of aromatic amines is 2. The molecule has 0 amide bonds. The third-order valence-corrected chi connectivity index (χ3v) is 7.61. The number of rotatable bonds is 8. The van der Waals surface area contributed by atoms with Crippen LogP contribution in [0.3, 0.4) is 0 Å². The van der Waals surface area contributed by atoms with E-state index in [1.165, 1.54) is 0 Å². The van der Waals surface area contributed by atoms with Gasteiger partial charge < -0.3 is 31.0 Å². The summed E-state index contributed by atoms with van der Waals surface area (Å²) in [4.78, 5) is 28.4. The van der Waals surface area contributed by atoms with Crippen LogP contribution in [-0.4, -0.2) is 51.1 Å². The molecule has 6 rings (SSSR count). The number of nitrogens with one attached hydrogen (secondary N) is 5. The minimum absolute atomic E-state index is 0.227. The van der Waals surface area contributed by atoms with Gasteiger partial charge in [-0.05, 0) is 80.2 Å². The molecule has 2 aromatic carbocycles. The monoisotopic (exact) mass is 511 g/mol. The molecule has 2 unspecified atom stereocenters. The van der Waals surface area contributed by atoms with Gasteiger partial charge in [-0.2, -0.15) is 0 Å². The predicted octanol–water partition coefficient (Wildman–Crippen LogP) is 4.40. The van der Waals surface area contributed by atoms with Crippen LogP contribution < -0.4 is 16.0 Å². The van der Waals surface area contributed by atoms with Gasteiger partial charge in [-0.25, -0.2) is 14.8 Å². The van der Waals surface area contributed by atoms with E-state index in [1.54, 1.807) is 12.3 Å². The third-order valence-electron chi connectivity index (χ3n) is 7.61. The molecule has 0 radical (unpaired) electrons. The Kier molecular flexibility index (Phi) is 6.80. The van der Waals surface area contributed by atoms with Crippen LogP contribution in [0.1, 0.15) is 65.3 Å². The van der Waals surface area contributed by atoms with Crippen LogP contribution in [0.2, 0.25) is 0 Å². The smallest absolute Gasteiger partial charge is 0.336 e. The van der Waals surface area contributed by atoms with E-state index in [0.29, 0.717) is 12.1 Å². The second-order valence-corrected chi connectivity index (χ2v) is 10.1. The van der Waals surface area contributed by atoms with E-state index >= 15 is 0 Å². The van der Waals surface area contributed by atoms with Gasteiger partial charge in [0.05, 0.1) is 41.4 Å². The van der Waals surface area contributed by atoms with Crippen LogP contribution in [0.4, 0.5) is 0 Å². The molecule has 4 heterocycles. The Balaban J connectivity index is 1.34. The fourth-order valence-electron chi connectivity index (χ4n) is 5.64. The highest BCUT2D eigenvalue weighted by molar-refractivity contribution is 5.98. The van der Waals surface area contributed by atoms with E-state index in [0.717, 1.165) is 84.1 Å². The molecule has 0 bridgehead atoms. The summed E-state index contributed by atoms with van der Waals surface area (Å²) in [5, 5.41) is 20.3. The van der Waals surface area contributed by atoms with Gasteiger partial charge in [0.1, 0.15) is 11.6 Å². The first-order chi connectivity index (χ1) is 18.6. The zero-order valence-corrected chi connectivity index (χ0v) is 21.5. The van der Waals surface area contributed by atoms with Gasteiger partial charge in [-0.3, -0.25) is 0 Å². The molecule has 2 aliphatic rings. The number of benzene rings is 2. The van der Waals surface area contributed by atoms with Crippen molar-refractivity contribution in [1.82, 2.24) is 35.9 Å². The van der Waals surface area contributed by atoms with Crippen molar-refractivity contribution in [3.8, 4) is 33.6 Å². The van der Waals surface area contributed by atoms with E-state index in [9.17, 15) is 9.90 Å². The molecule has 9 nitrogen and oxygen atoms in total. The second-order valence-electron chi connectivity index (χ2n) is 10.1. The van der Waals surface area contributed by atoms with E-state index < -0.39 is 5.97 Å². The molecule has 2 aliphatic heterocycles. The molecule has 9 heteroatoms. The fourth-order valence-corrected chi connectivity index (χ4v) is 5.64. The van der Waals surface area contributed by atoms with Gasteiger partial charge >= 0.3 is 5.97 Å². The minimum atomic E-state index is -0.958. The quantitative estimate of drug-likeness (QED) is 0.207. The highest BCUT2D eigenvalue weighted by atomic mass is 16.4. The molecule has 2 atom stereocenters. The number of carbonyl (C=O) groups is 1. The molecule has 2 fully saturated rings. The van der Waals surface area contributed by atoms with Crippen LogP contribution in [0.5, 0.6) is 0 Å². The van der Waals surface area contributed by atoms with Crippen molar-refractivity contribution in [2.75, 3.05) is 20.1 Å². The molecule has 0 aliphatic carbocycles. The number of hydrogen-bond acceptors (Lipinski definition) is 6. The molecule has 196 valence electrons. The summed E-state index contributed by atoms with van der Waals surface area (Å²) in [6, 6.07) is 12.3. The van der Waals surface area contributed by atoms with Crippen molar-refractivity contribution in [1.29, 1.82) is 0 Å². The summed E-state index contributed by atoms with van der Waals surface area (Å²) in [7, 11) is 1.90. The summed E-state index contributed by atoms with van der Waals surface area (Å²) in [6.45, 7) is 2.62. The summed E-state index contributed by atoms with van der Waals surface area (Å²) < 4.78 is 0. The Hall–Kier alpha value is -3.79. The van der Waals surface area contributed by atoms with E-state index in [4.69, 9.17) is 0 Å². The Bertz CT molecular complexity index is 1440. The van der Waals surface area contributed by atoms with Gasteiger partial charge in [0, 0.05) is 12.1 Å². The summed E-state index contributed by atoms with van der Waals surface area (Å²) in [5.74, 6) is 0.906. The van der Waals surface area contributed by atoms with E-state index in [-0.39, 0.29) is 17.6 Å². The number of H-pyrrole nitrogens is 2. The lowest BCUT2D eigenvalue weighted by Crippen LogP contribution is -2.14. The molecule has 2 aromatic heterocycles. The first kappa shape index (κ1) is 24.5. The number of nitrogens with zero attached hydrogens (tertiary/aromatic N) is 2. The maximum Gasteiger partial charge on any atom is 0.336 e. The summed E-state index contributed by atoms with van der Waals surface area (Å²) in [5.41, 5.74) is 6.47. The molecule has 0 saturated carbocycles. The van der Waals surface area contributed by atoms with Crippen LogP contribution in [0.25, 0.3) is 33.6 Å². The van der Waals surface area contributed by atoms with Crippen LogP contribution in [0.15, 0.2) is 48.8 Å². The number of hydrogen-bond donors (Lipinski definition) is 6. The highest BCUT2D eigenvalue weighted by Crippen LogP contribution is 2.34. The summed E-state index contributed by atoms with van der Waals surface area (Å²) >= 11 is 0. The Morgan fingerprint density at radius 2 is 1.47 bits per heavy atom. The van der Waals surface area contributed by atoms with Gasteiger partial charge in [-0.15, -0.1) is 0 Å². The van der Waals surface area contributed by atoms with Crippen molar-refractivity contribution < 1.29 is 9.90 Å². The Morgan fingerprint density at radius 1 is 0.895 bits per heavy atom. The topological polar surface area (TPSA) is 131 Å². The number of carboxylic acid groups (broad SMARTS) is 1. The minimum Gasteiger partial charge on any atom is -0.478 e. The van der Waals surface area contributed by atoms with Crippen molar-refractivity contribution in [3.63, 3.8) is 0 Å². The van der Waals surface area contributed by atoms with Crippen LogP contribution in [0, 0.1) is 0 Å². The largest absolute Gasteiger partial charge is 0.478 e. The predicted molar refractivity (Wildman–Crippen MR) is 147 cm³/mol.